The molecule has 46 heavy (non-hydrogen) atoms. The smallest absolute Gasteiger partial charge is 0.0554 e. The molecule has 0 aliphatic carbocycles. The van der Waals surface area contributed by atoms with Crippen molar-refractivity contribution in [3.63, 3.8) is 0 Å². The lowest BCUT2D eigenvalue weighted by molar-refractivity contribution is 1.30. The molecule has 0 radical (unpaired) electrons. The minimum absolute atomic E-state index is 1.12. The Kier molecular flexibility index (Phi) is 6.40. The number of benzene rings is 8. The van der Waals surface area contributed by atoms with Crippen molar-refractivity contribution in [3.8, 4) is 22.3 Å². The van der Waals surface area contributed by atoms with Crippen LogP contribution < -0.4 is 4.90 Å². The average Bonchev–Trinajstić information content (AvgIpc) is 3.51. The number of rotatable bonds is 5. The number of hydrogen-bond donors (Lipinski definition) is 0. The highest BCUT2D eigenvalue weighted by atomic mass is 32.1. The number of anilines is 3. The van der Waals surface area contributed by atoms with Crippen LogP contribution in [-0.4, -0.2) is 0 Å². The second-order valence-electron chi connectivity index (χ2n) is 11.7. The Labute approximate surface area is 272 Å². The van der Waals surface area contributed by atoms with Gasteiger partial charge in [-0.15, -0.1) is 11.3 Å². The summed E-state index contributed by atoms with van der Waals surface area (Å²) < 4.78 is 2.61. The van der Waals surface area contributed by atoms with E-state index in [-0.39, 0.29) is 0 Å². The van der Waals surface area contributed by atoms with Gasteiger partial charge in [0.1, 0.15) is 0 Å². The standard InChI is InChI=1S/C44H29NS/c1-2-13-30(14-3-1)31-25-27-33(28-26-31)45(40-23-10-8-18-36(40)35-22-12-16-32-15-4-5-17-34(32)35)41-29-43-44(38-20-7-6-19-37(38)41)39-21-9-11-24-42(39)46-43/h1-29H. The molecule has 0 unspecified atom stereocenters. The normalized spacial score (nSPS) is 11.5. The first-order valence-electron chi connectivity index (χ1n) is 15.7. The van der Waals surface area contributed by atoms with E-state index in [1.54, 1.807) is 0 Å². The van der Waals surface area contributed by atoms with Gasteiger partial charge in [-0.2, -0.15) is 0 Å². The van der Waals surface area contributed by atoms with Crippen LogP contribution in [0, 0.1) is 0 Å². The summed E-state index contributed by atoms with van der Waals surface area (Å²) in [5, 5.41) is 7.66. The Balaban J connectivity index is 1.34. The van der Waals surface area contributed by atoms with Crippen LogP contribution in [0.3, 0.4) is 0 Å². The molecular weight excluding hydrogens is 575 g/mol. The monoisotopic (exact) mass is 603 g/mol. The van der Waals surface area contributed by atoms with E-state index in [0.717, 1.165) is 11.4 Å². The zero-order chi connectivity index (χ0) is 30.5. The fourth-order valence-electron chi connectivity index (χ4n) is 6.95. The summed E-state index contributed by atoms with van der Waals surface area (Å²) in [5.41, 5.74) is 8.30. The third kappa shape index (κ3) is 4.38. The number of hydrogen-bond acceptors (Lipinski definition) is 2. The van der Waals surface area contributed by atoms with Crippen molar-refractivity contribution in [1.82, 2.24) is 0 Å². The average molecular weight is 604 g/mol. The van der Waals surface area contributed by atoms with Crippen molar-refractivity contribution in [2.75, 3.05) is 4.90 Å². The molecule has 0 aliphatic rings. The van der Waals surface area contributed by atoms with Crippen molar-refractivity contribution in [1.29, 1.82) is 0 Å². The van der Waals surface area contributed by atoms with Crippen LogP contribution in [0.4, 0.5) is 17.1 Å². The highest BCUT2D eigenvalue weighted by Crippen LogP contribution is 2.48. The van der Waals surface area contributed by atoms with Crippen LogP contribution in [0.15, 0.2) is 176 Å². The van der Waals surface area contributed by atoms with E-state index in [4.69, 9.17) is 0 Å². The molecule has 1 heterocycles. The highest BCUT2D eigenvalue weighted by molar-refractivity contribution is 7.26. The van der Waals surface area contributed by atoms with E-state index in [1.165, 1.54) is 69.7 Å². The summed E-state index contributed by atoms with van der Waals surface area (Å²) in [6, 6.07) is 63.9. The van der Waals surface area contributed by atoms with Gasteiger partial charge in [0, 0.05) is 36.8 Å². The number of fused-ring (bicyclic) bond motifs is 6. The molecular formula is C44H29NS. The van der Waals surface area contributed by atoms with Crippen molar-refractivity contribution in [3.05, 3.63) is 176 Å². The molecule has 0 atom stereocenters. The van der Waals surface area contributed by atoms with Crippen LogP contribution >= 0.6 is 11.3 Å². The molecule has 9 rings (SSSR count). The van der Waals surface area contributed by atoms with Gasteiger partial charge < -0.3 is 4.90 Å². The molecule has 1 aromatic heterocycles. The minimum atomic E-state index is 1.12. The summed E-state index contributed by atoms with van der Waals surface area (Å²) >= 11 is 1.87. The maximum absolute atomic E-state index is 2.47. The van der Waals surface area contributed by atoms with E-state index in [1.807, 2.05) is 11.3 Å². The van der Waals surface area contributed by atoms with Gasteiger partial charge in [-0.25, -0.2) is 0 Å². The summed E-state index contributed by atoms with van der Waals surface area (Å²) in [4.78, 5) is 2.47. The summed E-state index contributed by atoms with van der Waals surface area (Å²) in [7, 11) is 0. The highest BCUT2D eigenvalue weighted by Gasteiger charge is 2.22. The van der Waals surface area contributed by atoms with Crippen LogP contribution in [0.5, 0.6) is 0 Å². The second-order valence-corrected chi connectivity index (χ2v) is 12.8. The molecule has 2 heteroatoms. The van der Waals surface area contributed by atoms with E-state index in [2.05, 4.69) is 181 Å². The molecule has 0 spiro atoms. The minimum Gasteiger partial charge on any atom is -0.309 e. The third-order valence-electron chi connectivity index (χ3n) is 9.06. The molecule has 0 saturated carbocycles. The third-order valence-corrected chi connectivity index (χ3v) is 10.2. The number of para-hydroxylation sites is 1. The Morgan fingerprint density at radius 2 is 0.978 bits per heavy atom. The maximum atomic E-state index is 2.47. The zero-order valence-electron chi connectivity index (χ0n) is 25.1. The molecule has 1 nitrogen and oxygen atoms in total. The van der Waals surface area contributed by atoms with E-state index >= 15 is 0 Å². The predicted molar refractivity (Wildman–Crippen MR) is 200 cm³/mol. The van der Waals surface area contributed by atoms with Crippen LogP contribution in [0.25, 0.3) is 64.0 Å². The predicted octanol–water partition coefficient (Wildman–Crippen LogP) is 13.2. The maximum Gasteiger partial charge on any atom is 0.0554 e. The molecule has 0 amide bonds. The lowest BCUT2D eigenvalue weighted by Crippen LogP contribution is -2.12. The van der Waals surface area contributed by atoms with Gasteiger partial charge in [0.15, 0.2) is 0 Å². The second kappa shape index (κ2) is 11.0. The quantitative estimate of drug-likeness (QED) is 0.189. The first kappa shape index (κ1) is 26.7. The lowest BCUT2D eigenvalue weighted by atomic mass is 9.95. The largest absolute Gasteiger partial charge is 0.309 e. The Hall–Kier alpha value is -5.70. The molecule has 0 N–H and O–H groups in total. The van der Waals surface area contributed by atoms with Gasteiger partial charge in [0.25, 0.3) is 0 Å². The summed E-state index contributed by atoms with van der Waals surface area (Å²) in [6.45, 7) is 0. The van der Waals surface area contributed by atoms with Gasteiger partial charge in [-0.3, -0.25) is 0 Å². The summed E-state index contributed by atoms with van der Waals surface area (Å²) in [5.74, 6) is 0. The van der Waals surface area contributed by atoms with Crippen LogP contribution in [0.1, 0.15) is 0 Å². The SMILES string of the molecule is c1ccc(-c2ccc(N(c3ccccc3-c3cccc4ccccc34)c3cc4sc5ccccc5c4c4ccccc34)cc2)cc1. The Morgan fingerprint density at radius 1 is 0.370 bits per heavy atom. The van der Waals surface area contributed by atoms with E-state index in [9.17, 15) is 0 Å². The zero-order valence-corrected chi connectivity index (χ0v) is 25.9. The van der Waals surface area contributed by atoms with E-state index < -0.39 is 0 Å². The summed E-state index contributed by atoms with van der Waals surface area (Å²) in [6.07, 6.45) is 0. The Bertz CT molecular complexity index is 2520. The molecule has 0 aliphatic heterocycles. The van der Waals surface area contributed by atoms with Crippen LogP contribution in [0.2, 0.25) is 0 Å². The first-order valence-corrected chi connectivity index (χ1v) is 16.5. The van der Waals surface area contributed by atoms with E-state index in [0.29, 0.717) is 0 Å². The molecule has 8 aromatic carbocycles. The fraction of sp³-hybridized carbons (Fsp3) is 0. The van der Waals surface area contributed by atoms with Gasteiger partial charge in [-0.05, 0) is 63.2 Å². The van der Waals surface area contributed by atoms with Crippen molar-refractivity contribution < 1.29 is 0 Å². The van der Waals surface area contributed by atoms with Gasteiger partial charge in [0.05, 0.1) is 11.4 Å². The van der Waals surface area contributed by atoms with Gasteiger partial charge >= 0.3 is 0 Å². The van der Waals surface area contributed by atoms with Crippen molar-refractivity contribution in [2.45, 2.75) is 0 Å². The van der Waals surface area contributed by atoms with Crippen LogP contribution in [-0.2, 0) is 0 Å². The molecule has 0 saturated heterocycles. The molecule has 216 valence electrons. The van der Waals surface area contributed by atoms with Crippen molar-refractivity contribution in [2.24, 2.45) is 0 Å². The molecule has 9 aromatic rings. The number of nitrogens with zero attached hydrogens (tertiary/aromatic N) is 1. The van der Waals surface area contributed by atoms with Gasteiger partial charge in [-0.1, -0.05) is 146 Å². The Morgan fingerprint density at radius 3 is 1.83 bits per heavy atom. The van der Waals surface area contributed by atoms with Gasteiger partial charge in [0.2, 0.25) is 0 Å². The lowest BCUT2D eigenvalue weighted by Gasteiger charge is -2.29. The first-order chi connectivity index (χ1) is 22.8. The fourth-order valence-corrected chi connectivity index (χ4v) is 8.11. The topological polar surface area (TPSA) is 3.24 Å². The van der Waals surface area contributed by atoms with Crippen molar-refractivity contribution >= 4 is 70.1 Å². The molecule has 0 fully saturated rings. The molecule has 0 bridgehead atoms. The number of thiophene rings is 1.